The fraction of sp³-hybridized carbons (Fsp3) is 0.500. The topological polar surface area (TPSA) is 78.5 Å². The fourth-order valence-electron chi connectivity index (χ4n) is 2.92. The van der Waals surface area contributed by atoms with Crippen LogP contribution in [-0.4, -0.2) is 42.3 Å². The highest BCUT2D eigenvalue weighted by molar-refractivity contribution is 5.83. The van der Waals surface area contributed by atoms with Gasteiger partial charge in [0.05, 0.1) is 11.5 Å². The lowest BCUT2D eigenvalue weighted by molar-refractivity contribution is -0.139. The van der Waals surface area contributed by atoms with Gasteiger partial charge in [-0.1, -0.05) is 12.1 Å². The summed E-state index contributed by atoms with van der Waals surface area (Å²) in [7, 11) is 0. The van der Waals surface area contributed by atoms with E-state index in [1.807, 2.05) is 0 Å². The molecule has 1 aliphatic rings. The largest absolute Gasteiger partial charge is 0.416 e. The molecule has 1 fully saturated rings. The Balaban J connectivity index is 1.94. The summed E-state index contributed by atoms with van der Waals surface area (Å²) in [5.41, 5.74) is -0.401. The Bertz CT molecular complexity index is 707. The Morgan fingerprint density at radius 3 is 2.59 bits per heavy atom. The quantitative estimate of drug-likeness (QED) is 0.732. The van der Waals surface area contributed by atoms with Gasteiger partial charge >= 0.3 is 6.18 Å². The Morgan fingerprint density at radius 2 is 1.93 bits per heavy atom. The number of amides is 3. The zero-order chi connectivity index (χ0) is 20.0. The second-order valence-corrected chi connectivity index (χ2v) is 6.48. The molecule has 1 heterocycles. The molecular formula is C18H22F3N3O3. The van der Waals surface area contributed by atoms with Crippen molar-refractivity contribution < 1.29 is 27.6 Å². The number of nitrogens with one attached hydrogen (secondary N) is 2. The third-order valence-corrected chi connectivity index (χ3v) is 4.30. The van der Waals surface area contributed by atoms with E-state index in [1.165, 1.54) is 24.0 Å². The Kier molecular flexibility index (Phi) is 6.81. The van der Waals surface area contributed by atoms with Crippen LogP contribution in [-0.2, 0) is 27.1 Å². The van der Waals surface area contributed by atoms with Gasteiger partial charge in [-0.05, 0) is 24.1 Å². The van der Waals surface area contributed by atoms with E-state index in [1.54, 1.807) is 0 Å². The molecule has 3 amide bonds. The van der Waals surface area contributed by atoms with Crippen LogP contribution in [0.15, 0.2) is 24.3 Å². The van der Waals surface area contributed by atoms with Crippen molar-refractivity contribution in [1.82, 2.24) is 15.5 Å². The smallest absolute Gasteiger partial charge is 0.355 e. The molecule has 1 aromatic carbocycles. The Morgan fingerprint density at radius 1 is 1.22 bits per heavy atom. The van der Waals surface area contributed by atoms with Crippen LogP contribution in [0.3, 0.4) is 0 Å². The lowest BCUT2D eigenvalue weighted by Crippen LogP contribution is -2.46. The van der Waals surface area contributed by atoms with Crippen LogP contribution in [0.1, 0.15) is 30.9 Å². The summed E-state index contributed by atoms with van der Waals surface area (Å²) < 4.78 is 38.5. The van der Waals surface area contributed by atoms with E-state index in [9.17, 15) is 27.6 Å². The molecular weight excluding hydrogens is 363 g/mol. The second-order valence-electron chi connectivity index (χ2n) is 6.48. The number of benzene rings is 1. The van der Waals surface area contributed by atoms with Crippen LogP contribution in [0, 0.1) is 5.92 Å². The number of halogens is 3. The minimum absolute atomic E-state index is 0.0262. The van der Waals surface area contributed by atoms with Gasteiger partial charge in [0.2, 0.25) is 17.7 Å². The number of carbonyl (C=O) groups excluding carboxylic acids is 3. The number of piperidine rings is 1. The zero-order valence-electron chi connectivity index (χ0n) is 14.9. The molecule has 0 aromatic heterocycles. The molecule has 2 N–H and O–H groups in total. The molecule has 6 nitrogen and oxygen atoms in total. The van der Waals surface area contributed by atoms with Crippen LogP contribution in [0.25, 0.3) is 0 Å². The van der Waals surface area contributed by atoms with Crippen molar-refractivity contribution >= 4 is 17.7 Å². The molecule has 2 rings (SSSR count). The van der Waals surface area contributed by atoms with Crippen molar-refractivity contribution in [2.45, 2.75) is 32.5 Å². The summed E-state index contributed by atoms with van der Waals surface area (Å²) in [6.07, 6.45) is -3.88. The molecule has 0 spiro atoms. The number of likely N-dealkylation sites (tertiary alicyclic amines) is 1. The van der Waals surface area contributed by atoms with Gasteiger partial charge in [-0.3, -0.25) is 14.4 Å². The Labute approximate surface area is 155 Å². The zero-order valence-corrected chi connectivity index (χ0v) is 14.9. The molecule has 27 heavy (non-hydrogen) atoms. The van der Waals surface area contributed by atoms with Crippen molar-refractivity contribution in [3.63, 3.8) is 0 Å². The first kappa shape index (κ1) is 20.7. The maximum Gasteiger partial charge on any atom is 0.416 e. The summed E-state index contributed by atoms with van der Waals surface area (Å²) in [5, 5.41) is 5.26. The predicted molar refractivity (Wildman–Crippen MR) is 91.3 cm³/mol. The molecule has 0 unspecified atom stereocenters. The molecule has 1 aliphatic heterocycles. The predicted octanol–water partition coefficient (Wildman–Crippen LogP) is 1.70. The number of carbonyl (C=O) groups is 3. The van der Waals surface area contributed by atoms with Gasteiger partial charge in [0.1, 0.15) is 0 Å². The van der Waals surface area contributed by atoms with E-state index < -0.39 is 17.7 Å². The first-order valence-electron chi connectivity index (χ1n) is 8.63. The van der Waals surface area contributed by atoms with Crippen molar-refractivity contribution in [3.8, 4) is 0 Å². The van der Waals surface area contributed by atoms with Gasteiger partial charge < -0.3 is 15.5 Å². The van der Waals surface area contributed by atoms with Crippen molar-refractivity contribution in [2.75, 3.05) is 19.6 Å². The number of rotatable bonds is 6. The van der Waals surface area contributed by atoms with Crippen LogP contribution < -0.4 is 10.6 Å². The van der Waals surface area contributed by atoms with Gasteiger partial charge in [-0.25, -0.2) is 0 Å². The average Bonchev–Trinajstić information content (AvgIpc) is 2.60. The molecule has 148 valence electrons. The molecule has 1 aromatic rings. The molecule has 0 bridgehead atoms. The molecule has 1 saturated heterocycles. The molecule has 0 aliphatic carbocycles. The van der Waals surface area contributed by atoms with Gasteiger partial charge in [-0.15, -0.1) is 0 Å². The van der Waals surface area contributed by atoms with Gasteiger partial charge in [-0.2, -0.15) is 13.2 Å². The number of alkyl halides is 3. The number of hydrogen-bond donors (Lipinski definition) is 2. The number of hydrogen-bond acceptors (Lipinski definition) is 3. The minimum atomic E-state index is -4.45. The van der Waals surface area contributed by atoms with E-state index >= 15 is 0 Å². The molecule has 0 saturated carbocycles. The summed E-state index contributed by atoms with van der Waals surface area (Å²) in [6.45, 7) is 2.14. The van der Waals surface area contributed by atoms with Crippen LogP contribution >= 0.6 is 0 Å². The van der Waals surface area contributed by atoms with E-state index in [2.05, 4.69) is 10.6 Å². The second kappa shape index (κ2) is 8.88. The van der Waals surface area contributed by atoms with Crippen molar-refractivity contribution in [2.24, 2.45) is 5.92 Å². The first-order chi connectivity index (χ1) is 12.7. The minimum Gasteiger partial charge on any atom is -0.355 e. The fourth-order valence-corrected chi connectivity index (χ4v) is 2.92. The molecule has 0 radical (unpaired) electrons. The standard InChI is InChI=1S/C18H22F3N3O3/c1-12(25)22-7-8-23-17(27)14-5-6-16(26)24(11-14)10-13-3-2-4-15(9-13)18(19,20)21/h2-4,9,14H,5-8,10-11H2,1H3,(H,22,25)(H,23,27)/t14-/m1/s1. The lowest BCUT2D eigenvalue weighted by Gasteiger charge is -2.32. The first-order valence-corrected chi connectivity index (χ1v) is 8.63. The monoisotopic (exact) mass is 385 g/mol. The third-order valence-electron chi connectivity index (χ3n) is 4.30. The van der Waals surface area contributed by atoms with E-state index in [0.29, 0.717) is 18.5 Å². The van der Waals surface area contributed by atoms with E-state index in [4.69, 9.17) is 0 Å². The Hall–Kier alpha value is -2.58. The highest BCUT2D eigenvalue weighted by Gasteiger charge is 2.32. The number of nitrogens with zero attached hydrogens (tertiary/aromatic N) is 1. The van der Waals surface area contributed by atoms with E-state index in [0.717, 1.165) is 12.1 Å². The summed E-state index contributed by atoms with van der Waals surface area (Å²) >= 11 is 0. The van der Waals surface area contributed by atoms with Gasteiger partial charge in [0.15, 0.2) is 0 Å². The molecule has 9 heteroatoms. The summed E-state index contributed by atoms with van der Waals surface area (Å²) in [5.74, 6) is -1.04. The SMILES string of the molecule is CC(=O)NCCNC(=O)[C@@H]1CCC(=O)N(Cc2cccc(C(F)(F)F)c2)C1. The van der Waals surface area contributed by atoms with Crippen molar-refractivity contribution in [3.05, 3.63) is 35.4 Å². The van der Waals surface area contributed by atoms with E-state index in [-0.39, 0.29) is 43.8 Å². The maximum absolute atomic E-state index is 12.8. The van der Waals surface area contributed by atoms with Gasteiger partial charge in [0.25, 0.3) is 0 Å². The maximum atomic E-state index is 12.8. The summed E-state index contributed by atoms with van der Waals surface area (Å²) in [6, 6.07) is 4.83. The highest BCUT2D eigenvalue weighted by atomic mass is 19.4. The van der Waals surface area contributed by atoms with Gasteiger partial charge in [0, 0.05) is 39.5 Å². The molecule has 1 atom stereocenters. The van der Waals surface area contributed by atoms with Crippen LogP contribution in [0.4, 0.5) is 13.2 Å². The average molecular weight is 385 g/mol. The van der Waals surface area contributed by atoms with Crippen molar-refractivity contribution in [1.29, 1.82) is 0 Å². The highest BCUT2D eigenvalue weighted by Crippen LogP contribution is 2.30. The van der Waals surface area contributed by atoms with Crippen LogP contribution in [0.5, 0.6) is 0 Å². The normalized spacial score (nSPS) is 17.6. The van der Waals surface area contributed by atoms with Crippen LogP contribution in [0.2, 0.25) is 0 Å². The summed E-state index contributed by atoms with van der Waals surface area (Å²) in [4.78, 5) is 36.5. The third kappa shape index (κ3) is 6.26. The lowest BCUT2D eigenvalue weighted by atomic mass is 9.96.